The molecule has 2 heterocycles. The minimum absolute atomic E-state index is 0.781. The lowest BCUT2D eigenvalue weighted by molar-refractivity contribution is 0.415. The maximum absolute atomic E-state index is 6.26. The summed E-state index contributed by atoms with van der Waals surface area (Å²) in [6.07, 6.45) is 0.781. The molecule has 0 spiro atoms. The van der Waals surface area contributed by atoms with E-state index < -0.39 is 0 Å². The quantitative estimate of drug-likeness (QED) is 0.396. The fourth-order valence-electron chi connectivity index (χ4n) is 3.66. The zero-order valence-electron chi connectivity index (χ0n) is 15.3. The number of pyridine rings is 1. The average molecular weight is 353 g/mol. The number of rotatable bonds is 3. The van der Waals surface area contributed by atoms with Crippen LogP contribution in [0.25, 0.3) is 33.0 Å². The molecular weight excluding hydrogens is 334 g/mol. The Morgan fingerprint density at radius 3 is 2.56 bits per heavy atom. The van der Waals surface area contributed by atoms with Crippen molar-refractivity contribution in [1.29, 1.82) is 0 Å². The molecule has 5 rings (SSSR count). The average Bonchev–Trinajstić information content (AvgIpc) is 3.07. The molecule has 0 unspecified atom stereocenters. The number of benzene rings is 3. The van der Waals surface area contributed by atoms with Gasteiger partial charge in [0.05, 0.1) is 12.6 Å². The molecule has 27 heavy (non-hydrogen) atoms. The molecule has 3 aromatic carbocycles. The van der Waals surface area contributed by atoms with Crippen molar-refractivity contribution in [2.45, 2.75) is 13.3 Å². The topological polar surface area (TPSA) is 35.3 Å². The third-order valence-corrected chi connectivity index (χ3v) is 5.11. The second-order valence-corrected chi connectivity index (χ2v) is 6.91. The Bertz CT molecular complexity index is 1280. The molecule has 3 heteroatoms. The Kier molecular flexibility index (Phi) is 3.61. The van der Waals surface area contributed by atoms with Crippen LogP contribution in [0.3, 0.4) is 0 Å². The lowest BCUT2D eigenvalue weighted by Crippen LogP contribution is -1.94. The van der Waals surface area contributed by atoms with Gasteiger partial charge >= 0.3 is 0 Å². The van der Waals surface area contributed by atoms with Gasteiger partial charge in [0.15, 0.2) is 5.58 Å². The predicted molar refractivity (Wildman–Crippen MR) is 110 cm³/mol. The Labute approximate surface area is 157 Å². The van der Waals surface area contributed by atoms with Gasteiger partial charge < -0.3 is 9.15 Å². The van der Waals surface area contributed by atoms with Crippen molar-refractivity contribution in [3.8, 4) is 5.75 Å². The van der Waals surface area contributed by atoms with E-state index in [4.69, 9.17) is 14.1 Å². The van der Waals surface area contributed by atoms with Crippen LogP contribution >= 0.6 is 0 Å². The summed E-state index contributed by atoms with van der Waals surface area (Å²) >= 11 is 0. The lowest BCUT2D eigenvalue weighted by Gasteiger charge is -2.10. The SMILES string of the molecule is COc1ccc2nc3c(oc4ccccc43)c(Cc3ccc(C)cc3)c2c1. The number of ether oxygens (including phenoxy) is 1. The van der Waals surface area contributed by atoms with Gasteiger partial charge in [-0.05, 0) is 42.8 Å². The van der Waals surface area contributed by atoms with E-state index >= 15 is 0 Å². The van der Waals surface area contributed by atoms with Crippen molar-refractivity contribution in [2.24, 2.45) is 0 Å². The summed E-state index contributed by atoms with van der Waals surface area (Å²) in [5.41, 5.74) is 7.26. The maximum Gasteiger partial charge on any atom is 0.158 e. The Balaban J connectivity index is 1.85. The van der Waals surface area contributed by atoms with Gasteiger partial charge in [0.25, 0.3) is 0 Å². The van der Waals surface area contributed by atoms with E-state index in [-0.39, 0.29) is 0 Å². The highest BCUT2D eigenvalue weighted by molar-refractivity contribution is 6.08. The number of aromatic nitrogens is 1. The van der Waals surface area contributed by atoms with Gasteiger partial charge in [-0.1, -0.05) is 42.0 Å². The number of fused-ring (bicyclic) bond motifs is 4. The first-order valence-electron chi connectivity index (χ1n) is 9.06. The van der Waals surface area contributed by atoms with Gasteiger partial charge in [0, 0.05) is 22.8 Å². The molecule has 0 atom stereocenters. The van der Waals surface area contributed by atoms with Gasteiger partial charge in [-0.2, -0.15) is 0 Å². The number of furan rings is 1. The largest absolute Gasteiger partial charge is 0.497 e. The number of para-hydroxylation sites is 1. The first kappa shape index (κ1) is 15.9. The first-order chi connectivity index (χ1) is 13.2. The molecular formula is C24H19NO2. The van der Waals surface area contributed by atoms with E-state index in [1.54, 1.807) is 7.11 Å². The minimum atomic E-state index is 0.781. The number of nitrogens with zero attached hydrogens (tertiary/aromatic N) is 1. The summed E-state index contributed by atoms with van der Waals surface area (Å²) in [4.78, 5) is 4.91. The summed E-state index contributed by atoms with van der Waals surface area (Å²) in [6, 6.07) is 22.8. The van der Waals surface area contributed by atoms with E-state index in [1.807, 2.05) is 30.3 Å². The van der Waals surface area contributed by atoms with Gasteiger partial charge in [0.2, 0.25) is 0 Å². The van der Waals surface area contributed by atoms with Crippen molar-refractivity contribution < 1.29 is 9.15 Å². The third kappa shape index (κ3) is 2.63. The Hall–Kier alpha value is -3.33. The molecule has 0 N–H and O–H groups in total. The number of hydrogen-bond acceptors (Lipinski definition) is 3. The molecule has 0 amide bonds. The second-order valence-electron chi connectivity index (χ2n) is 6.91. The molecule has 0 radical (unpaired) electrons. The zero-order chi connectivity index (χ0) is 18.4. The normalized spacial score (nSPS) is 11.5. The predicted octanol–water partition coefficient (Wildman–Crippen LogP) is 6.04. The highest BCUT2D eigenvalue weighted by Crippen LogP contribution is 2.35. The molecule has 0 saturated carbocycles. The van der Waals surface area contributed by atoms with Crippen LogP contribution in [0.15, 0.2) is 71.1 Å². The van der Waals surface area contributed by atoms with Crippen LogP contribution in [0.1, 0.15) is 16.7 Å². The molecule has 132 valence electrons. The van der Waals surface area contributed by atoms with Gasteiger partial charge in [-0.15, -0.1) is 0 Å². The van der Waals surface area contributed by atoms with Crippen LogP contribution < -0.4 is 4.74 Å². The van der Waals surface area contributed by atoms with E-state index in [0.29, 0.717) is 0 Å². The van der Waals surface area contributed by atoms with Crippen LogP contribution in [0.5, 0.6) is 5.75 Å². The summed E-state index contributed by atoms with van der Waals surface area (Å²) in [7, 11) is 1.69. The molecule has 5 aromatic rings. The fourth-order valence-corrected chi connectivity index (χ4v) is 3.66. The van der Waals surface area contributed by atoms with Crippen molar-refractivity contribution in [2.75, 3.05) is 7.11 Å². The van der Waals surface area contributed by atoms with Crippen molar-refractivity contribution in [3.05, 3.63) is 83.4 Å². The van der Waals surface area contributed by atoms with Crippen LogP contribution in [0, 0.1) is 6.92 Å². The third-order valence-electron chi connectivity index (χ3n) is 5.11. The highest BCUT2D eigenvalue weighted by atomic mass is 16.5. The zero-order valence-corrected chi connectivity index (χ0v) is 15.3. The van der Waals surface area contributed by atoms with Crippen LogP contribution in [0.4, 0.5) is 0 Å². The maximum atomic E-state index is 6.26. The number of methoxy groups -OCH3 is 1. The van der Waals surface area contributed by atoms with E-state index in [1.165, 1.54) is 11.1 Å². The van der Waals surface area contributed by atoms with Crippen LogP contribution in [-0.2, 0) is 6.42 Å². The molecule has 0 aliphatic carbocycles. The lowest BCUT2D eigenvalue weighted by atomic mass is 9.99. The van der Waals surface area contributed by atoms with Crippen molar-refractivity contribution >= 4 is 33.0 Å². The van der Waals surface area contributed by atoms with Crippen molar-refractivity contribution in [3.63, 3.8) is 0 Å². The highest BCUT2D eigenvalue weighted by Gasteiger charge is 2.17. The summed E-state index contributed by atoms with van der Waals surface area (Å²) < 4.78 is 11.7. The first-order valence-corrected chi connectivity index (χ1v) is 9.06. The Morgan fingerprint density at radius 1 is 0.926 bits per heavy atom. The minimum Gasteiger partial charge on any atom is -0.497 e. The molecule has 0 bridgehead atoms. The molecule has 0 aliphatic rings. The van der Waals surface area contributed by atoms with Crippen molar-refractivity contribution in [1.82, 2.24) is 4.98 Å². The summed E-state index contributed by atoms with van der Waals surface area (Å²) in [5.74, 6) is 0.824. The number of hydrogen-bond donors (Lipinski definition) is 0. The smallest absolute Gasteiger partial charge is 0.158 e. The fraction of sp³-hybridized carbons (Fsp3) is 0.125. The van der Waals surface area contributed by atoms with Crippen LogP contribution in [-0.4, -0.2) is 12.1 Å². The Morgan fingerprint density at radius 2 is 1.74 bits per heavy atom. The summed E-state index contributed by atoms with van der Waals surface area (Å²) in [5, 5.41) is 2.12. The van der Waals surface area contributed by atoms with Gasteiger partial charge in [0.1, 0.15) is 16.8 Å². The van der Waals surface area contributed by atoms with E-state index in [9.17, 15) is 0 Å². The van der Waals surface area contributed by atoms with Gasteiger partial charge in [-0.25, -0.2) is 4.98 Å². The van der Waals surface area contributed by atoms with E-state index in [0.717, 1.165) is 50.7 Å². The molecule has 2 aromatic heterocycles. The second kappa shape index (κ2) is 6.13. The summed E-state index contributed by atoms with van der Waals surface area (Å²) in [6.45, 7) is 2.11. The van der Waals surface area contributed by atoms with Gasteiger partial charge in [-0.3, -0.25) is 0 Å². The monoisotopic (exact) mass is 353 g/mol. The van der Waals surface area contributed by atoms with E-state index in [2.05, 4.69) is 43.3 Å². The molecule has 3 nitrogen and oxygen atoms in total. The van der Waals surface area contributed by atoms with Crippen LogP contribution in [0.2, 0.25) is 0 Å². The molecule has 0 fully saturated rings. The molecule has 0 saturated heterocycles. The standard InChI is InChI=1S/C24H19NO2/c1-15-7-9-16(10-8-15)13-20-19-14-17(26-2)11-12-21(19)25-23-18-5-3-4-6-22(18)27-24(20)23/h3-12,14H,13H2,1-2H3. The number of aryl methyl sites for hydroxylation is 1. The molecule has 0 aliphatic heterocycles.